The molecule has 3 unspecified atom stereocenters. The monoisotopic (exact) mass is 272 g/mol. The third-order valence-electron chi connectivity index (χ3n) is 5.21. The number of unbranched alkanes of at least 4 members (excludes halogenated alkanes) is 1. The highest BCUT2D eigenvalue weighted by atomic mass is 14.9. The number of H-pyrrole nitrogens is 1. The summed E-state index contributed by atoms with van der Waals surface area (Å²) in [6, 6.07) is 0. The smallest absolute Gasteiger partial charge is 0.113 e. The summed E-state index contributed by atoms with van der Waals surface area (Å²) in [5, 5.41) is 0. The maximum atomic E-state index is 4.53. The lowest BCUT2D eigenvalue weighted by Crippen LogP contribution is -2.36. The van der Waals surface area contributed by atoms with Crippen LogP contribution in [0.3, 0.4) is 0 Å². The first kappa shape index (κ1) is 15.1. The molecule has 0 aliphatic heterocycles. The van der Waals surface area contributed by atoms with Crippen molar-refractivity contribution < 1.29 is 0 Å². The van der Waals surface area contributed by atoms with Gasteiger partial charge in [-0.3, -0.25) is 0 Å². The molecule has 0 aromatic carbocycles. The summed E-state index contributed by atoms with van der Waals surface area (Å²) in [6.07, 6.45) is 15.7. The van der Waals surface area contributed by atoms with Crippen molar-refractivity contribution in [2.45, 2.75) is 59.3 Å². The third-order valence-corrected chi connectivity index (χ3v) is 5.21. The van der Waals surface area contributed by atoms with E-state index in [4.69, 9.17) is 0 Å². The molecule has 1 N–H and O–H groups in total. The number of imidazole rings is 1. The van der Waals surface area contributed by atoms with E-state index in [1.165, 1.54) is 31.3 Å². The summed E-state index contributed by atoms with van der Waals surface area (Å²) in [6.45, 7) is 9.33. The number of aromatic nitrogens is 2. The predicted molar refractivity (Wildman–Crippen MR) is 85.6 cm³/mol. The van der Waals surface area contributed by atoms with Crippen LogP contribution in [0.25, 0.3) is 0 Å². The van der Waals surface area contributed by atoms with E-state index in [2.05, 4.69) is 55.9 Å². The van der Waals surface area contributed by atoms with E-state index < -0.39 is 0 Å². The van der Waals surface area contributed by atoms with Crippen molar-refractivity contribution in [3.05, 3.63) is 42.0 Å². The van der Waals surface area contributed by atoms with Gasteiger partial charge in [-0.2, -0.15) is 0 Å². The molecule has 2 heteroatoms. The van der Waals surface area contributed by atoms with Crippen molar-refractivity contribution in [2.24, 2.45) is 11.3 Å². The number of hydrogen-bond donors (Lipinski definition) is 1. The Morgan fingerprint density at radius 2 is 2.20 bits per heavy atom. The Kier molecular flexibility index (Phi) is 4.85. The average Bonchev–Trinajstić information content (AvgIpc) is 2.96. The number of allylic oxidation sites excluding steroid dienone is 4. The maximum Gasteiger partial charge on any atom is 0.113 e. The van der Waals surface area contributed by atoms with E-state index >= 15 is 0 Å². The summed E-state index contributed by atoms with van der Waals surface area (Å²) in [5.41, 5.74) is 1.67. The van der Waals surface area contributed by atoms with Gasteiger partial charge in [-0.05, 0) is 19.3 Å². The van der Waals surface area contributed by atoms with Gasteiger partial charge in [-0.25, -0.2) is 4.98 Å². The topological polar surface area (TPSA) is 28.7 Å². The van der Waals surface area contributed by atoms with Crippen LogP contribution in [0.1, 0.15) is 65.1 Å². The zero-order chi connectivity index (χ0) is 14.6. The summed E-state index contributed by atoms with van der Waals surface area (Å²) < 4.78 is 0. The maximum absolute atomic E-state index is 4.53. The highest BCUT2D eigenvalue weighted by molar-refractivity contribution is 5.33. The van der Waals surface area contributed by atoms with Crippen molar-refractivity contribution in [2.75, 3.05) is 0 Å². The van der Waals surface area contributed by atoms with Crippen LogP contribution in [-0.2, 0) is 0 Å². The molecule has 1 aromatic rings. The van der Waals surface area contributed by atoms with Crippen LogP contribution in [0.15, 0.2) is 36.2 Å². The number of rotatable bonds is 6. The number of nitrogens with zero attached hydrogens (tertiary/aromatic N) is 1. The highest BCUT2D eigenvalue weighted by Gasteiger charge is 2.43. The van der Waals surface area contributed by atoms with E-state index in [-0.39, 0.29) is 5.41 Å². The molecule has 0 spiro atoms. The average molecular weight is 272 g/mol. The van der Waals surface area contributed by atoms with Crippen LogP contribution in [0.2, 0.25) is 0 Å². The van der Waals surface area contributed by atoms with Crippen LogP contribution < -0.4 is 0 Å². The lowest BCUT2D eigenvalue weighted by atomic mass is 9.59. The second kappa shape index (κ2) is 6.43. The second-order valence-electron chi connectivity index (χ2n) is 6.22. The molecule has 1 heterocycles. The van der Waals surface area contributed by atoms with Crippen LogP contribution in [0, 0.1) is 11.3 Å². The van der Waals surface area contributed by atoms with Gasteiger partial charge in [0, 0.05) is 23.7 Å². The molecule has 1 aliphatic rings. The molecule has 110 valence electrons. The van der Waals surface area contributed by atoms with Gasteiger partial charge in [0.15, 0.2) is 0 Å². The zero-order valence-electron chi connectivity index (χ0n) is 13.3. The van der Waals surface area contributed by atoms with Crippen LogP contribution in [0.5, 0.6) is 0 Å². The lowest BCUT2D eigenvalue weighted by molar-refractivity contribution is 0.181. The highest BCUT2D eigenvalue weighted by Crippen LogP contribution is 2.52. The second-order valence-corrected chi connectivity index (χ2v) is 6.22. The summed E-state index contributed by atoms with van der Waals surface area (Å²) in [7, 11) is 0. The Bertz CT molecular complexity index is 470. The molecular formula is C18H28N2. The van der Waals surface area contributed by atoms with Gasteiger partial charge in [-0.1, -0.05) is 63.8 Å². The van der Waals surface area contributed by atoms with E-state index in [1.807, 2.05) is 12.4 Å². The first-order chi connectivity index (χ1) is 9.64. The minimum atomic E-state index is 0.177. The molecule has 0 amide bonds. The SMILES string of the molecule is CCCCC(CC)C1(C)C(C)=CC=CC1c1ncc[nH]1. The molecule has 0 radical (unpaired) electrons. The fourth-order valence-electron chi connectivity index (χ4n) is 3.71. The zero-order valence-corrected chi connectivity index (χ0v) is 13.3. The first-order valence-electron chi connectivity index (χ1n) is 7.99. The van der Waals surface area contributed by atoms with Crippen LogP contribution in [-0.4, -0.2) is 9.97 Å². The van der Waals surface area contributed by atoms with Crippen LogP contribution in [0.4, 0.5) is 0 Å². The van der Waals surface area contributed by atoms with Gasteiger partial charge >= 0.3 is 0 Å². The molecule has 3 atom stereocenters. The molecule has 2 rings (SSSR count). The Labute approximate surface area is 123 Å². The van der Waals surface area contributed by atoms with E-state index in [1.54, 1.807) is 0 Å². The summed E-state index contributed by atoms with van der Waals surface area (Å²) in [5.74, 6) is 2.18. The quantitative estimate of drug-likeness (QED) is 0.754. The van der Waals surface area contributed by atoms with Gasteiger partial charge in [0.1, 0.15) is 5.82 Å². The Morgan fingerprint density at radius 3 is 2.80 bits per heavy atom. The Balaban J connectivity index is 2.35. The summed E-state index contributed by atoms with van der Waals surface area (Å²) >= 11 is 0. The largest absolute Gasteiger partial charge is 0.348 e. The molecule has 0 bridgehead atoms. The molecule has 0 fully saturated rings. The molecule has 1 aromatic heterocycles. The minimum absolute atomic E-state index is 0.177. The van der Waals surface area contributed by atoms with Crippen molar-refractivity contribution in [1.29, 1.82) is 0 Å². The standard InChI is InChI=1S/C18H28N2/c1-5-7-10-15(6-2)18(4)14(3)9-8-11-16(18)17-19-12-13-20-17/h8-9,11-13,15-16H,5-7,10H2,1-4H3,(H,19,20). The van der Waals surface area contributed by atoms with Gasteiger partial charge in [-0.15, -0.1) is 0 Å². The minimum Gasteiger partial charge on any atom is -0.348 e. The fraction of sp³-hybridized carbons (Fsp3) is 0.611. The number of nitrogens with one attached hydrogen (secondary N) is 1. The fourth-order valence-corrected chi connectivity index (χ4v) is 3.71. The van der Waals surface area contributed by atoms with Crippen molar-refractivity contribution in [3.63, 3.8) is 0 Å². The van der Waals surface area contributed by atoms with E-state index in [0.29, 0.717) is 11.8 Å². The van der Waals surface area contributed by atoms with E-state index in [9.17, 15) is 0 Å². The predicted octanol–water partition coefficient (Wildman–Crippen LogP) is 5.23. The van der Waals surface area contributed by atoms with Gasteiger partial charge in [0.25, 0.3) is 0 Å². The molecule has 1 aliphatic carbocycles. The molecule has 0 saturated carbocycles. The molecule has 0 saturated heterocycles. The van der Waals surface area contributed by atoms with Crippen LogP contribution >= 0.6 is 0 Å². The van der Waals surface area contributed by atoms with Crippen molar-refractivity contribution in [3.8, 4) is 0 Å². The number of aromatic amines is 1. The van der Waals surface area contributed by atoms with E-state index in [0.717, 1.165) is 5.82 Å². The Hall–Kier alpha value is -1.31. The first-order valence-corrected chi connectivity index (χ1v) is 7.99. The van der Waals surface area contributed by atoms with Gasteiger partial charge < -0.3 is 4.98 Å². The molecule has 2 nitrogen and oxygen atoms in total. The summed E-state index contributed by atoms with van der Waals surface area (Å²) in [4.78, 5) is 7.86. The number of hydrogen-bond acceptors (Lipinski definition) is 1. The Morgan fingerprint density at radius 1 is 1.40 bits per heavy atom. The third kappa shape index (κ3) is 2.61. The normalized spacial score (nSPS) is 27.4. The lowest BCUT2D eigenvalue weighted by Gasteiger charge is -2.44. The molecular weight excluding hydrogens is 244 g/mol. The van der Waals surface area contributed by atoms with Gasteiger partial charge in [0.2, 0.25) is 0 Å². The van der Waals surface area contributed by atoms with Crippen molar-refractivity contribution in [1.82, 2.24) is 9.97 Å². The van der Waals surface area contributed by atoms with Crippen molar-refractivity contribution >= 4 is 0 Å². The molecule has 20 heavy (non-hydrogen) atoms. The van der Waals surface area contributed by atoms with Gasteiger partial charge in [0.05, 0.1) is 0 Å².